The van der Waals surface area contributed by atoms with Gasteiger partial charge in [-0.05, 0) is 55.3 Å². The lowest BCUT2D eigenvalue weighted by Crippen LogP contribution is -2.39. The maximum Gasteiger partial charge on any atom is 0.338 e. The second-order valence-corrected chi connectivity index (χ2v) is 9.60. The molecule has 0 aliphatic carbocycles. The van der Waals surface area contributed by atoms with Crippen LogP contribution in [0.15, 0.2) is 63.5 Å². The van der Waals surface area contributed by atoms with E-state index in [1.807, 2.05) is 49.3 Å². The Labute approximate surface area is 212 Å². The number of esters is 1. The van der Waals surface area contributed by atoms with Crippen molar-refractivity contribution in [1.29, 1.82) is 0 Å². The number of hydrogen-bond donors (Lipinski definition) is 0. The minimum absolute atomic E-state index is 0.227. The van der Waals surface area contributed by atoms with E-state index in [1.54, 1.807) is 43.7 Å². The molecule has 7 nitrogen and oxygen atoms in total. The van der Waals surface area contributed by atoms with Crippen molar-refractivity contribution in [3.8, 4) is 5.75 Å². The van der Waals surface area contributed by atoms with Gasteiger partial charge in [-0.1, -0.05) is 41.1 Å². The summed E-state index contributed by atoms with van der Waals surface area (Å²) >= 11 is 7.54. The van der Waals surface area contributed by atoms with Gasteiger partial charge in [-0.2, -0.15) is 0 Å². The molecule has 0 unspecified atom stereocenters. The third-order valence-corrected chi connectivity index (χ3v) is 6.99. The summed E-state index contributed by atoms with van der Waals surface area (Å²) in [5.74, 6) is 0.0767. The summed E-state index contributed by atoms with van der Waals surface area (Å²) < 4.78 is 12.6. The number of nitrogens with zero attached hydrogens (tertiary/aromatic N) is 3. The van der Waals surface area contributed by atoms with E-state index in [0.29, 0.717) is 31.4 Å². The minimum Gasteiger partial charge on any atom is -0.495 e. The van der Waals surface area contributed by atoms with Crippen LogP contribution in [0.3, 0.4) is 0 Å². The molecule has 4 rings (SSSR count). The zero-order chi connectivity index (χ0) is 25.3. The third-order valence-electron chi connectivity index (χ3n) is 5.72. The summed E-state index contributed by atoms with van der Waals surface area (Å²) in [5.41, 5.74) is 3.22. The van der Waals surface area contributed by atoms with Crippen molar-refractivity contribution < 1.29 is 14.3 Å². The van der Waals surface area contributed by atoms with E-state index in [-0.39, 0.29) is 12.2 Å². The number of methoxy groups -OCH3 is 1. The standard InChI is InChI=1S/C26H26ClN3O4S/c1-6-34-25(32)22-15(2)28-26-30(23(22)17-8-10-18(11-9-17)29(3)4)24(31)21(35-26)14-16-7-12-20(33-5)19(27)13-16/h7-14,23H,6H2,1-5H3/b21-14+/t23-/m0/s1. The second kappa shape index (κ2) is 10.1. The first-order chi connectivity index (χ1) is 16.7. The van der Waals surface area contributed by atoms with E-state index in [2.05, 4.69) is 4.99 Å². The maximum absolute atomic E-state index is 13.7. The number of hydrogen-bond acceptors (Lipinski definition) is 7. The monoisotopic (exact) mass is 511 g/mol. The molecule has 0 fully saturated rings. The smallest absolute Gasteiger partial charge is 0.338 e. The summed E-state index contributed by atoms with van der Waals surface area (Å²) in [5, 5.41) is 0.452. The fourth-order valence-electron chi connectivity index (χ4n) is 3.99. The Hall–Kier alpha value is -3.36. The van der Waals surface area contributed by atoms with E-state index < -0.39 is 12.0 Å². The van der Waals surface area contributed by atoms with E-state index in [4.69, 9.17) is 21.1 Å². The van der Waals surface area contributed by atoms with E-state index in [0.717, 1.165) is 16.8 Å². The number of carbonyl (C=O) groups excluding carboxylic acids is 1. The molecule has 182 valence electrons. The topological polar surface area (TPSA) is 73.1 Å². The van der Waals surface area contributed by atoms with Crippen molar-refractivity contribution in [2.75, 3.05) is 32.7 Å². The van der Waals surface area contributed by atoms with Gasteiger partial charge in [0.05, 0.1) is 40.6 Å². The molecule has 0 saturated carbocycles. The molecule has 0 bridgehead atoms. The molecule has 0 radical (unpaired) electrons. The normalized spacial score (nSPS) is 15.5. The molecular weight excluding hydrogens is 486 g/mol. The highest BCUT2D eigenvalue weighted by atomic mass is 35.5. The summed E-state index contributed by atoms with van der Waals surface area (Å²) in [4.78, 5) is 33.8. The predicted octanol–water partition coefficient (Wildman–Crippen LogP) is 3.53. The van der Waals surface area contributed by atoms with Gasteiger partial charge in [0.25, 0.3) is 5.56 Å². The number of ether oxygens (including phenoxy) is 2. The van der Waals surface area contributed by atoms with Gasteiger partial charge in [0.1, 0.15) is 5.75 Å². The lowest BCUT2D eigenvalue weighted by Gasteiger charge is -2.25. The third kappa shape index (κ3) is 4.76. The Balaban J connectivity index is 1.91. The Morgan fingerprint density at radius 3 is 2.54 bits per heavy atom. The summed E-state index contributed by atoms with van der Waals surface area (Å²) in [7, 11) is 5.46. The van der Waals surface area contributed by atoms with Gasteiger partial charge in [-0.25, -0.2) is 9.79 Å². The lowest BCUT2D eigenvalue weighted by molar-refractivity contribution is -0.139. The number of allylic oxidation sites excluding steroid dienone is 1. The van der Waals surface area contributed by atoms with Crippen molar-refractivity contribution >= 4 is 40.7 Å². The zero-order valence-electron chi connectivity index (χ0n) is 20.2. The molecule has 1 aliphatic heterocycles. The molecule has 9 heteroatoms. The molecular formula is C26H26ClN3O4S. The number of aromatic nitrogens is 1. The van der Waals surface area contributed by atoms with Crippen LogP contribution in [0.4, 0.5) is 5.69 Å². The minimum atomic E-state index is -0.650. The summed E-state index contributed by atoms with van der Waals surface area (Å²) in [6, 6.07) is 12.5. The fourth-order valence-corrected chi connectivity index (χ4v) is 5.30. The summed E-state index contributed by atoms with van der Waals surface area (Å²) in [6.45, 7) is 3.75. The molecule has 35 heavy (non-hydrogen) atoms. The van der Waals surface area contributed by atoms with Crippen LogP contribution in [-0.4, -0.2) is 38.3 Å². The van der Waals surface area contributed by atoms with Gasteiger partial charge in [-0.3, -0.25) is 9.36 Å². The zero-order valence-corrected chi connectivity index (χ0v) is 21.7. The van der Waals surface area contributed by atoms with E-state index in [1.165, 1.54) is 11.3 Å². The average molecular weight is 512 g/mol. The van der Waals surface area contributed by atoms with Gasteiger partial charge >= 0.3 is 5.97 Å². The number of anilines is 1. The van der Waals surface area contributed by atoms with Crippen molar-refractivity contribution in [2.24, 2.45) is 4.99 Å². The van der Waals surface area contributed by atoms with E-state index in [9.17, 15) is 9.59 Å². The largest absolute Gasteiger partial charge is 0.495 e. The van der Waals surface area contributed by atoms with Crippen LogP contribution in [0, 0.1) is 0 Å². The molecule has 2 aromatic carbocycles. The molecule has 3 aromatic rings. The number of benzene rings is 2. The number of thiazole rings is 1. The number of rotatable bonds is 6. The number of carbonyl (C=O) groups is 1. The molecule has 2 heterocycles. The SMILES string of the molecule is CCOC(=O)C1=C(C)N=c2s/c(=C/c3ccc(OC)c(Cl)c3)c(=O)n2[C@H]1c1ccc(N(C)C)cc1. The first kappa shape index (κ1) is 24.8. The lowest BCUT2D eigenvalue weighted by atomic mass is 9.95. The molecule has 0 saturated heterocycles. The van der Waals surface area contributed by atoms with Crippen molar-refractivity contribution in [3.05, 3.63) is 89.6 Å². The van der Waals surface area contributed by atoms with Gasteiger partial charge < -0.3 is 14.4 Å². The van der Waals surface area contributed by atoms with Gasteiger partial charge in [-0.15, -0.1) is 0 Å². The highest BCUT2D eigenvalue weighted by molar-refractivity contribution is 7.07. The first-order valence-corrected chi connectivity index (χ1v) is 12.2. The second-order valence-electron chi connectivity index (χ2n) is 8.18. The highest BCUT2D eigenvalue weighted by Crippen LogP contribution is 2.31. The molecule has 1 aromatic heterocycles. The molecule has 0 amide bonds. The van der Waals surface area contributed by atoms with Crippen LogP contribution in [-0.2, 0) is 9.53 Å². The molecule has 0 spiro atoms. The van der Waals surface area contributed by atoms with Gasteiger partial charge in [0.2, 0.25) is 0 Å². The number of halogens is 1. The highest BCUT2D eigenvalue weighted by Gasteiger charge is 2.33. The fraction of sp³-hybridized carbons (Fsp3) is 0.269. The van der Waals surface area contributed by atoms with Crippen molar-refractivity contribution in [2.45, 2.75) is 19.9 Å². The molecule has 1 atom stereocenters. The van der Waals surface area contributed by atoms with Crippen LogP contribution in [0.1, 0.15) is 31.0 Å². The van der Waals surface area contributed by atoms with Crippen LogP contribution in [0.5, 0.6) is 5.75 Å². The Kier molecular flexibility index (Phi) is 7.14. The van der Waals surface area contributed by atoms with Crippen LogP contribution in [0.2, 0.25) is 5.02 Å². The quantitative estimate of drug-likeness (QED) is 0.473. The van der Waals surface area contributed by atoms with Crippen LogP contribution in [0.25, 0.3) is 6.08 Å². The molecule has 1 aliphatic rings. The van der Waals surface area contributed by atoms with Crippen molar-refractivity contribution in [1.82, 2.24) is 4.57 Å². The maximum atomic E-state index is 13.7. The van der Waals surface area contributed by atoms with Gasteiger partial charge in [0, 0.05) is 19.8 Å². The Bertz CT molecular complexity index is 1490. The molecule has 0 N–H and O–H groups in total. The Morgan fingerprint density at radius 1 is 1.23 bits per heavy atom. The summed E-state index contributed by atoms with van der Waals surface area (Å²) in [6.07, 6.45) is 1.77. The Morgan fingerprint density at radius 2 is 1.94 bits per heavy atom. The average Bonchev–Trinajstić information content (AvgIpc) is 3.12. The van der Waals surface area contributed by atoms with E-state index >= 15 is 0 Å². The number of fused-ring (bicyclic) bond motifs is 1. The first-order valence-electron chi connectivity index (χ1n) is 11.1. The van der Waals surface area contributed by atoms with Crippen LogP contribution >= 0.6 is 22.9 Å². The van der Waals surface area contributed by atoms with Crippen molar-refractivity contribution in [3.63, 3.8) is 0 Å². The van der Waals surface area contributed by atoms with Gasteiger partial charge in [0.15, 0.2) is 4.80 Å². The van der Waals surface area contributed by atoms with Crippen LogP contribution < -0.4 is 24.5 Å². The predicted molar refractivity (Wildman–Crippen MR) is 139 cm³/mol.